The molecule has 2 N–H and O–H groups in total. The summed E-state index contributed by atoms with van der Waals surface area (Å²) in [5, 5.41) is 14.3. The molecule has 0 atom stereocenters. The highest BCUT2D eigenvalue weighted by atomic mass is 16.2. The van der Waals surface area contributed by atoms with Crippen LogP contribution in [0.15, 0.2) is 54.7 Å². The van der Waals surface area contributed by atoms with Crippen LogP contribution in [0.2, 0.25) is 0 Å². The number of hydrogen-bond acceptors (Lipinski definition) is 3. The van der Waals surface area contributed by atoms with Crippen LogP contribution in [-0.2, 0) is 12.1 Å². The molecular weight excluding hydrogens is 302 g/mol. The molecule has 0 radical (unpaired) electrons. The number of nitrogens with one attached hydrogen (secondary N) is 2. The predicted octanol–water partition coefficient (Wildman–Crippen LogP) is 2.61. The minimum atomic E-state index is -0.238. The molecule has 1 fully saturated rings. The number of benzene rings is 1. The van der Waals surface area contributed by atoms with Gasteiger partial charge in [-0.15, -0.1) is 10.2 Å². The van der Waals surface area contributed by atoms with E-state index >= 15 is 0 Å². The third kappa shape index (κ3) is 2.60. The zero-order valence-corrected chi connectivity index (χ0v) is 13.3. The molecule has 2 heterocycles. The predicted molar refractivity (Wildman–Crippen MR) is 90.3 cm³/mol. The molecule has 0 aliphatic heterocycles. The van der Waals surface area contributed by atoms with Gasteiger partial charge in [0, 0.05) is 6.20 Å². The van der Waals surface area contributed by atoms with Crippen molar-refractivity contribution in [2.24, 2.45) is 0 Å². The number of rotatable bonds is 4. The zero-order chi connectivity index (χ0) is 16.4. The molecule has 6 nitrogen and oxygen atoms in total. The van der Waals surface area contributed by atoms with E-state index in [4.69, 9.17) is 0 Å². The van der Waals surface area contributed by atoms with Gasteiger partial charge in [-0.25, -0.2) is 4.79 Å². The number of aromatic nitrogens is 3. The van der Waals surface area contributed by atoms with Crippen molar-refractivity contribution in [2.75, 3.05) is 0 Å². The second kappa shape index (κ2) is 5.96. The minimum absolute atomic E-state index is 0.175. The molecule has 0 bridgehead atoms. The lowest BCUT2D eigenvalue weighted by molar-refractivity contribution is 0.177. The first-order valence-corrected chi connectivity index (χ1v) is 8.17. The third-order valence-electron chi connectivity index (χ3n) is 4.68. The van der Waals surface area contributed by atoms with Gasteiger partial charge in [-0.2, -0.15) is 0 Å². The number of carbonyl (C=O) groups is 1. The highest BCUT2D eigenvalue weighted by Crippen LogP contribution is 2.40. The van der Waals surface area contributed by atoms with E-state index < -0.39 is 0 Å². The summed E-state index contributed by atoms with van der Waals surface area (Å²) in [6.07, 6.45) is 4.96. The highest BCUT2D eigenvalue weighted by molar-refractivity contribution is 5.75. The first-order valence-electron chi connectivity index (χ1n) is 8.17. The van der Waals surface area contributed by atoms with E-state index in [9.17, 15) is 4.79 Å². The second-order valence-corrected chi connectivity index (χ2v) is 6.15. The molecular formula is C18H19N5O. The van der Waals surface area contributed by atoms with Crippen LogP contribution in [-0.4, -0.2) is 20.6 Å². The van der Waals surface area contributed by atoms with Gasteiger partial charge in [0.2, 0.25) is 0 Å². The van der Waals surface area contributed by atoms with Crippen LogP contribution >= 0.6 is 0 Å². The third-order valence-corrected chi connectivity index (χ3v) is 4.68. The van der Waals surface area contributed by atoms with Gasteiger partial charge in [-0.1, -0.05) is 36.4 Å². The Morgan fingerprint density at radius 3 is 2.62 bits per heavy atom. The SMILES string of the molecule is O=C(NCc1nnc2ccccn12)NC1(c2ccccc2)CCC1. The molecule has 0 spiro atoms. The standard InChI is InChI=1S/C18H19N5O/c24-17(19-13-16-22-21-15-9-4-5-12-23(15)16)20-18(10-6-11-18)14-7-2-1-3-8-14/h1-5,7-9,12H,6,10-11,13H2,(H2,19,20,24). The van der Waals surface area contributed by atoms with Crippen molar-refractivity contribution in [1.29, 1.82) is 0 Å². The number of hydrogen-bond donors (Lipinski definition) is 2. The van der Waals surface area contributed by atoms with Crippen molar-refractivity contribution in [2.45, 2.75) is 31.3 Å². The van der Waals surface area contributed by atoms with Crippen molar-refractivity contribution in [3.8, 4) is 0 Å². The summed E-state index contributed by atoms with van der Waals surface area (Å²) in [4.78, 5) is 12.4. The molecule has 24 heavy (non-hydrogen) atoms. The smallest absolute Gasteiger partial charge is 0.315 e. The van der Waals surface area contributed by atoms with E-state index in [0.29, 0.717) is 12.4 Å². The number of amides is 2. The zero-order valence-electron chi connectivity index (χ0n) is 13.3. The van der Waals surface area contributed by atoms with Crippen molar-refractivity contribution >= 4 is 11.7 Å². The molecule has 6 heteroatoms. The molecule has 1 aliphatic carbocycles. The topological polar surface area (TPSA) is 71.3 Å². The lowest BCUT2D eigenvalue weighted by Gasteiger charge is -2.43. The quantitative estimate of drug-likeness (QED) is 0.776. The monoisotopic (exact) mass is 321 g/mol. The van der Waals surface area contributed by atoms with E-state index in [-0.39, 0.29) is 11.6 Å². The highest BCUT2D eigenvalue weighted by Gasteiger charge is 2.39. The molecule has 3 aromatic rings. The van der Waals surface area contributed by atoms with Gasteiger partial charge >= 0.3 is 6.03 Å². The van der Waals surface area contributed by atoms with Crippen LogP contribution in [0.1, 0.15) is 30.7 Å². The molecule has 1 saturated carbocycles. The Morgan fingerprint density at radius 2 is 1.88 bits per heavy atom. The Labute approximate surface area is 139 Å². The summed E-state index contributed by atoms with van der Waals surface area (Å²) in [7, 11) is 0. The summed E-state index contributed by atoms with van der Waals surface area (Å²) in [6.45, 7) is 0.335. The maximum absolute atomic E-state index is 12.4. The minimum Gasteiger partial charge on any atom is -0.331 e. The normalized spacial score (nSPS) is 15.7. The van der Waals surface area contributed by atoms with Gasteiger partial charge < -0.3 is 10.6 Å². The largest absolute Gasteiger partial charge is 0.331 e. The maximum Gasteiger partial charge on any atom is 0.315 e. The van der Waals surface area contributed by atoms with E-state index in [1.807, 2.05) is 47.0 Å². The Hall–Kier alpha value is -2.89. The number of pyridine rings is 1. The Kier molecular flexibility index (Phi) is 3.65. The van der Waals surface area contributed by atoms with Gasteiger partial charge in [-0.05, 0) is 37.0 Å². The molecule has 0 unspecified atom stereocenters. The summed E-state index contributed by atoms with van der Waals surface area (Å²) in [6, 6.07) is 15.7. The van der Waals surface area contributed by atoms with Crippen LogP contribution in [0.5, 0.6) is 0 Å². The molecule has 0 saturated heterocycles. The average Bonchev–Trinajstić information content (AvgIpc) is 3.00. The maximum atomic E-state index is 12.4. The van der Waals surface area contributed by atoms with Crippen LogP contribution < -0.4 is 10.6 Å². The molecule has 4 rings (SSSR count). The van der Waals surface area contributed by atoms with Crippen molar-refractivity contribution in [3.05, 3.63) is 66.1 Å². The first kappa shape index (κ1) is 14.7. The summed E-state index contributed by atoms with van der Waals surface area (Å²) in [5.74, 6) is 0.711. The van der Waals surface area contributed by atoms with E-state index in [1.54, 1.807) is 0 Å². The van der Waals surface area contributed by atoms with Gasteiger partial charge in [0.05, 0.1) is 12.1 Å². The first-order chi connectivity index (χ1) is 11.8. The summed E-state index contributed by atoms with van der Waals surface area (Å²) < 4.78 is 1.87. The van der Waals surface area contributed by atoms with Crippen molar-refractivity contribution < 1.29 is 4.79 Å². The number of nitrogens with zero attached hydrogens (tertiary/aromatic N) is 3. The van der Waals surface area contributed by atoms with Gasteiger partial charge in [0.15, 0.2) is 11.5 Å². The molecule has 122 valence electrons. The van der Waals surface area contributed by atoms with E-state index in [2.05, 4.69) is 33.0 Å². The molecule has 2 amide bonds. The van der Waals surface area contributed by atoms with Crippen LogP contribution in [0.4, 0.5) is 4.79 Å². The Bertz CT molecular complexity index is 854. The van der Waals surface area contributed by atoms with E-state index in [0.717, 1.165) is 24.9 Å². The average molecular weight is 321 g/mol. The fraction of sp³-hybridized carbons (Fsp3) is 0.278. The Morgan fingerprint density at radius 1 is 1.08 bits per heavy atom. The van der Waals surface area contributed by atoms with Gasteiger partial charge in [0.25, 0.3) is 0 Å². The van der Waals surface area contributed by atoms with Crippen LogP contribution in [0, 0.1) is 0 Å². The number of fused-ring (bicyclic) bond motifs is 1. The van der Waals surface area contributed by atoms with Crippen molar-refractivity contribution in [1.82, 2.24) is 25.2 Å². The summed E-state index contributed by atoms with van der Waals surface area (Å²) >= 11 is 0. The fourth-order valence-electron chi connectivity index (χ4n) is 3.21. The molecule has 1 aromatic carbocycles. The second-order valence-electron chi connectivity index (χ2n) is 6.15. The molecule has 2 aromatic heterocycles. The van der Waals surface area contributed by atoms with Crippen LogP contribution in [0.25, 0.3) is 5.65 Å². The van der Waals surface area contributed by atoms with Crippen LogP contribution in [0.3, 0.4) is 0 Å². The lowest BCUT2D eigenvalue weighted by Crippen LogP contribution is -2.53. The van der Waals surface area contributed by atoms with Gasteiger partial charge in [-0.3, -0.25) is 4.40 Å². The van der Waals surface area contributed by atoms with E-state index in [1.165, 1.54) is 5.56 Å². The Balaban J connectivity index is 1.43. The van der Waals surface area contributed by atoms with Crippen molar-refractivity contribution in [3.63, 3.8) is 0 Å². The molecule has 1 aliphatic rings. The number of carbonyl (C=O) groups excluding carboxylic acids is 1. The number of urea groups is 1. The van der Waals surface area contributed by atoms with Gasteiger partial charge in [0.1, 0.15) is 0 Å². The lowest BCUT2D eigenvalue weighted by atomic mass is 9.72. The summed E-state index contributed by atoms with van der Waals surface area (Å²) in [5.41, 5.74) is 1.70. The fourth-order valence-corrected chi connectivity index (χ4v) is 3.21.